The molecule has 3 N–H and O–H groups in total. The Kier molecular flexibility index (Phi) is 4.14. The first-order valence-electron chi connectivity index (χ1n) is 4.91. The van der Waals surface area contributed by atoms with Gasteiger partial charge >= 0.3 is 0 Å². The minimum atomic E-state index is -0.780. The number of aromatic nitrogens is 2. The van der Waals surface area contributed by atoms with Crippen LogP contribution in [0.3, 0.4) is 0 Å². The smallest absolute Gasteiger partial charge is 0.147 e. The molecule has 1 rings (SSSR count). The Labute approximate surface area is 92.5 Å². The first kappa shape index (κ1) is 12.0. The summed E-state index contributed by atoms with van der Waals surface area (Å²) in [6, 6.07) is 0. The molecule has 1 heterocycles. The molecule has 0 bridgehead atoms. The standard InChI is InChI=1S/C9H18N4OS/c1-4-7-8(10)9(13(2)12-7)11-5-6-15(3)14/h11H,4-6,10H2,1-3H3. The van der Waals surface area contributed by atoms with Crippen molar-refractivity contribution in [3.8, 4) is 0 Å². The maximum absolute atomic E-state index is 10.9. The lowest BCUT2D eigenvalue weighted by Crippen LogP contribution is -2.13. The summed E-state index contributed by atoms with van der Waals surface area (Å²) in [6.07, 6.45) is 2.51. The van der Waals surface area contributed by atoms with Crippen LogP contribution in [0, 0.1) is 0 Å². The molecule has 0 aromatic carbocycles. The van der Waals surface area contributed by atoms with Gasteiger partial charge in [0.15, 0.2) is 0 Å². The van der Waals surface area contributed by atoms with Crippen LogP contribution in [-0.2, 0) is 24.3 Å². The molecule has 0 fully saturated rings. The fraction of sp³-hybridized carbons (Fsp3) is 0.667. The molecule has 0 radical (unpaired) electrons. The molecule has 0 aliphatic rings. The summed E-state index contributed by atoms with van der Waals surface area (Å²) in [7, 11) is 1.07. The zero-order valence-electron chi connectivity index (χ0n) is 9.41. The Hall–Kier alpha value is -1.04. The Balaban J connectivity index is 2.68. The number of nitrogens with two attached hydrogens (primary N) is 1. The topological polar surface area (TPSA) is 72.9 Å². The molecule has 1 atom stereocenters. The Morgan fingerprint density at radius 3 is 2.73 bits per heavy atom. The van der Waals surface area contributed by atoms with Gasteiger partial charge in [0.05, 0.1) is 11.4 Å². The summed E-state index contributed by atoms with van der Waals surface area (Å²) in [5.74, 6) is 1.43. The molecule has 0 aliphatic carbocycles. The Morgan fingerprint density at radius 1 is 1.60 bits per heavy atom. The molecule has 1 unspecified atom stereocenters. The van der Waals surface area contributed by atoms with Crippen LogP contribution in [-0.4, -0.2) is 32.5 Å². The van der Waals surface area contributed by atoms with E-state index in [9.17, 15) is 4.21 Å². The van der Waals surface area contributed by atoms with Gasteiger partial charge in [-0.1, -0.05) is 6.92 Å². The monoisotopic (exact) mass is 230 g/mol. The van der Waals surface area contributed by atoms with Crippen LogP contribution in [0.5, 0.6) is 0 Å². The van der Waals surface area contributed by atoms with E-state index in [2.05, 4.69) is 10.4 Å². The first-order chi connectivity index (χ1) is 7.06. The van der Waals surface area contributed by atoms with E-state index >= 15 is 0 Å². The number of hydrogen-bond donors (Lipinski definition) is 2. The molecule has 6 heteroatoms. The molecule has 1 aromatic heterocycles. The summed E-state index contributed by atoms with van der Waals surface area (Å²) < 4.78 is 12.6. The van der Waals surface area contributed by atoms with Crippen molar-refractivity contribution < 1.29 is 4.21 Å². The van der Waals surface area contributed by atoms with Gasteiger partial charge in [-0.3, -0.25) is 8.89 Å². The van der Waals surface area contributed by atoms with Gasteiger partial charge in [0.1, 0.15) is 5.82 Å². The molecule has 1 aromatic rings. The molecule has 0 saturated carbocycles. The molecule has 0 saturated heterocycles. The number of aryl methyl sites for hydroxylation is 2. The van der Waals surface area contributed by atoms with Crippen molar-refractivity contribution in [2.45, 2.75) is 13.3 Å². The minimum Gasteiger partial charge on any atom is -0.394 e. The van der Waals surface area contributed by atoms with E-state index in [1.54, 1.807) is 10.9 Å². The SMILES string of the molecule is CCc1nn(C)c(NCCS(C)=O)c1N. The van der Waals surface area contributed by atoms with Crippen LogP contribution in [0.1, 0.15) is 12.6 Å². The van der Waals surface area contributed by atoms with Crippen molar-refractivity contribution in [2.75, 3.05) is 29.6 Å². The third-order valence-electron chi connectivity index (χ3n) is 2.18. The normalized spacial score (nSPS) is 12.7. The second kappa shape index (κ2) is 5.16. The first-order valence-corrected chi connectivity index (χ1v) is 6.64. The molecule has 15 heavy (non-hydrogen) atoms. The molecule has 0 aliphatic heterocycles. The van der Waals surface area contributed by atoms with Crippen molar-refractivity contribution in [1.82, 2.24) is 9.78 Å². The average Bonchev–Trinajstić information content (AvgIpc) is 2.44. The summed E-state index contributed by atoms with van der Waals surface area (Å²) in [6.45, 7) is 2.67. The van der Waals surface area contributed by atoms with Gasteiger partial charge in [-0.05, 0) is 6.42 Å². The lowest BCUT2D eigenvalue weighted by molar-refractivity contribution is 0.686. The Morgan fingerprint density at radius 2 is 2.27 bits per heavy atom. The lowest BCUT2D eigenvalue weighted by atomic mass is 10.3. The zero-order valence-corrected chi connectivity index (χ0v) is 10.2. The van der Waals surface area contributed by atoms with Crippen LogP contribution >= 0.6 is 0 Å². The molecular formula is C9H18N4OS. The number of nitrogens with one attached hydrogen (secondary N) is 1. The van der Waals surface area contributed by atoms with E-state index in [1.165, 1.54) is 0 Å². The molecule has 86 valence electrons. The number of nitrogen functional groups attached to an aromatic ring is 1. The van der Waals surface area contributed by atoms with Gasteiger partial charge in [-0.2, -0.15) is 5.10 Å². The predicted molar refractivity (Wildman–Crippen MR) is 64.4 cm³/mol. The van der Waals surface area contributed by atoms with E-state index in [0.29, 0.717) is 18.0 Å². The largest absolute Gasteiger partial charge is 0.394 e. The van der Waals surface area contributed by atoms with Crippen LogP contribution in [0.15, 0.2) is 0 Å². The molecular weight excluding hydrogens is 212 g/mol. The van der Waals surface area contributed by atoms with Crippen molar-refractivity contribution >= 4 is 22.3 Å². The fourth-order valence-corrected chi connectivity index (χ4v) is 1.77. The van der Waals surface area contributed by atoms with Gasteiger partial charge in [-0.25, -0.2) is 0 Å². The third kappa shape index (κ3) is 2.95. The van der Waals surface area contributed by atoms with E-state index in [-0.39, 0.29) is 0 Å². The maximum Gasteiger partial charge on any atom is 0.147 e. The second-order valence-electron chi connectivity index (χ2n) is 3.39. The third-order valence-corrected chi connectivity index (χ3v) is 2.96. The Bertz CT molecular complexity index is 361. The van der Waals surface area contributed by atoms with Gasteiger partial charge in [0, 0.05) is 36.4 Å². The highest BCUT2D eigenvalue weighted by atomic mass is 32.2. The van der Waals surface area contributed by atoms with E-state index < -0.39 is 10.8 Å². The number of rotatable bonds is 5. The van der Waals surface area contributed by atoms with Crippen molar-refractivity contribution in [1.29, 1.82) is 0 Å². The molecule has 0 amide bonds. The second-order valence-corrected chi connectivity index (χ2v) is 4.94. The van der Waals surface area contributed by atoms with Crippen LogP contribution in [0.25, 0.3) is 0 Å². The van der Waals surface area contributed by atoms with Gasteiger partial charge in [0.25, 0.3) is 0 Å². The van der Waals surface area contributed by atoms with Gasteiger partial charge in [0.2, 0.25) is 0 Å². The highest BCUT2D eigenvalue weighted by Gasteiger charge is 2.10. The summed E-state index contributed by atoms with van der Waals surface area (Å²) in [5, 5.41) is 7.43. The summed E-state index contributed by atoms with van der Waals surface area (Å²) in [4.78, 5) is 0. The van der Waals surface area contributed by atoms with Crippen molar-refractivity contribution in [2.24, 2.45) is 7.05 Å². The van der Waals surface area contributed by atoms with Crippen molar-refractivity contribution in [3.05, 3.63) is 5.69 Å². The minimum absolute atomic E-state index is 0.617. The zero-order chi connectivity index (χ0) is 11.4. The lowest BCUT2D eigenvalue weighted by Gasteiger charge is -2.06. The summed E-state index contributed by atoms with van der Waals surface area (Å²) >= 11 is 0. The van der Waals surface area contributed by atoms with Crippen LogP contribution in [0.4, 0.5) is 11.5 Å². The number of nitrogens with zero attached hydrogens (tertiary/aromatic N) is 2. The van der Waals surface area contributed by atoms with Gasteiger partial charge < -0.3 is 11.1 Å². The van der Waals surface area contributed by atoms with Gasteiger partial charge in [-0.15, -0.1) is 0 Å². The van der Waals surface area contributed by atoms with Crippen LogP contribution in [0.2, 0.25) is 0 Å². The van der Waals surface area contributed by atoms with Crippen molar-refractivity contribution in [3.63, 3.8) is 0 Å². The quantitative estimate of drug-likeness (QED) is 0.766. The maximum atomic E-state index is 10.9. The fourth-order valence-electron chi connectivity index (χ4n) is 1.38. The number of anilines is 2. The highest BCUT2D eigenvalue weighted by Crippen LogP contribution is 2.21. The molecule has 5 nitrogen and oxygen atoms in total. The van der Waals surface area contributed by atoms with E-state index in [0.717, 1.165) is 17.9 Å². The number of hydrogen-bond acceptors (Lipinski definition) is 4. The molecule has 0 spiro atoms. The highest BCUT2D eigenvalue weighted by molar-refractivity contribution is 7.84. The van der Waals surface area contributed by atoms with Crippen LogP contribution < -0.4 is 11.1 Å². The van der Waals surface area contributed by atoms with E-state index in [4.69, 9.17) is 5.73 Å². The summed E-state index contributed by atoms with van der Waals surface area (Å²) in [5.41, 5.74) is 7.51. The van der Waals surface area contributed by atoms with E-state index in [1.807, 2.05) is 14.0 Å². The predicted octanol–water partition coefficient (Wildman–Crippen LogP) is 0.355. The average molecular weight is 230 g/mol.